The quantitative estimate of drug-likeness (QED) is 0.688. The summed E-state index contributed by atoms with van der Waals surface area (Å²) in [4.78, 5) is 0. The number of hydrogen-bond donors (Lipinski definition) is 2. The Morgan fingerprint density at radius 1 is 0.714 bits per heavy atom. The zero-order chi connectivity index (χ0) is 11.8. The van der Waals surface area contributed by atoms with Gasteiger partial charge in [0, 0.05) is 11.1 Å². The van der Waals surface area contributed by atoms with Crippen LogP contribution < -0.4 is 11.5 Å². The Labute approximate surface area is 90.4 Å². The number of unbranched alkanes of at least 4 members (excludes halogenated alkanes) is 3. The predicted octanol–water partition coefficient (Wildman–Crippen LogP) is 3.05. The molecule has 2 nitrogen and oxygen atoms in total. The molecule has 14 heavy (non-hydrogen) atoms. The molecule has 2 heteroatoms. The van der Waals surface area contributed by atoms with Crippen molar-refractivity contribution in [3.8, 4) is 0 Å². The third-order valence-corrected chi connectivity index (χ3v) is 2.62. The minimum atomic E-state index is -0.285. The first kappa shape index (κ1) is 16.4. The van der Waals surface area contributed by atoms with E-state index in [2.05, 4.69) is 13.8 Å². The third kappa shape index (κ3) is 10.0. The standard InChI is InChI=1S/C6H16N2.C6H14/c1-5(2,7)6(3,4)8;1-3-5-6-4-2/h7-8H2,1-4H3;3-6H2,1-2H3. The van der Waals surface area contributed by atoms with E-state index < -0.39 is 0 Å². The van der Waals surface area contributed by atoms with Crippen LogP contribution in [0.25, 0.3) is 0 Å². The SMILES string of the molecule is CC(C)(N)C(C)(C)N.CCCCCC. The molecular weight excluding hydrogens is 172 g/mol. The van der Waals surface area contributed by atoms with Gasteiger partial charge in [0.15, 0.2) is 0 Å². The second kappa shape index (κ2) is 7.24. The maximum atomic E-state index is 5.69. The number of nitrogens with two attached hydrogens (primary N) is 2. The summed E-state index contributed by atoms with van der Waals surface area (Å²) in [6.45, 7) is 12.2. The van der Waals surface area contributed by atoms with E-state index in [0.29, 0.717) is 0 Å². The molecule has 0 atom stereocenters. The van der Waals surface area contributed by atoms with Crippen LogP contribution in [-0.4, -0.2) is 11.1 Å². The highest BCUT2D eigenvalue weighted by molar-refractivity contribution is 4.93. The maximum Gasteiger partial charge on any atom is 0.0274 e. The molecule has 0 aromatic heterocycles. The molecule has 0 aliphatic rings. The fourth-order valence-corrected chi connectivity index (χ4v) is 0.500. The summed E-state index contributed by atoms with van der Waals surface area (Å²) < 4.78 is 0. The molecule has 0 amide bonds. The normalized spacial score (nSPS) is 12.0. The lowest BCUT2D eigenvalue weighted by molar-refractivity contribution is 0.309. The Hall–Kier alpha value is -0.0800. The largest absolute Gasteiger partial charge is 0.324 e. The van der Waals surface area contributed by atoms with Crippen LogP contribution >= 0.6 is 0 Å². The summed E-state index contributed by atoms with van der Waals surface area (Å²) in [5.41, 5.74) is 10.8. The Morgan fingerprint density at radius 2 is 0.929 bits per heavy atom. The van der Waals surface area contributed by atoms with Gasteiger partial charge in [-0.05, 0) is 27.7 Å². The van der Waals surface area contributed by atoms with E-state index in [4.69, 9.17) is 11.5 Å². The fraction of sp³-hybridized carbons (Fsp3) is 1.00. The van der Waals surface area contributed by atoms with E-state index in [1.165, 1.54) is 25.7 Å². The van der Waals surface area contributed by atoms with E-state index in [0.717, 1.165) is 0 Å². The first-order chi connectivity index (χ1) is 6.16. The molecule has 0 saturated carbocycles. The third-order valence-electron chi connectivity index (χ3n) is 2.62. The van der Waals surface area contributed by atoms with Crippen molar-refractivity contribution >= 4 is 0 Å². The summed E-state index contributed by atoms with van der Waals surface area (Å²) in [5.74, 6) is 0. The highest BCUT2D eigenvalue weighted by Gasteiger charge is 2.28. The van der Waals surface area contributed by atoms with Crippen LogP contribution in [0.15, 0.2) is 0 Å². The monoisotopic (exact) mass is 202 g/mol. The Morgan fingerprint density at radius 3 is 1.00 bits per heavy atom. The summed E-state index contributed by atoms with van der Waals surface area (Å²) >= 11 is 0. The van der Waals surface area contributed by atoms with Gasteiger partial charge in [-0.15, -0.1) is 0 Å². The van der Waals surface area contributed by atoms with Crippen molar-refractivity contribution in [1.82, 2.24) is 0 Å². The van der Waals surface area contributed by atoms with Crippen molar-refractivity contribution in [2.45, 2.75) is 78.3 Å². The van der Waals surface area contributed by atoms with Crippen LogP contribution in [0.5, 0.6) is 0 Å². The van der Waals surface area contributed by atoms with Crippen LogP contribution in [0.2, 0.25) is 0 Å². The summed E-state index contributed by atoms with van der Waals surface area (Å²) in [5, 5.41) is 0. The van der Waals surface area contributed by atoms with Crippen molar-refractivity contribution < 1.29 is 0 Å². The zero-order valence-corrected chi connectivity index (χ0v) is 11.0. The van der Waals surface area contributed by atoms with Crippen LogP contribution in [0.4, 0.5) is 0 Å². The van der Waals surface area contributed by atoms with Gasteiger partial charge in [0.05, 0.1) is 0 Å². The van der Waals surface area contributed by atoms with Crippen molar-refractivity contribution in [2.24, 2.45) is 11.5 Å². The summed E-state index contributed by atoms with van der Waals surface area (Å²) in [6, 6.07) is 0. The van der Waals surface area contributed by atoms with Gasteiger partial charge in [-0.3, -0.25) is 0 Å². The van der Waals surface area contributed by atoms with Gasteiger partial charge in [-0.1, -0.05) is 39.5 Å². The molecule has 0 aliphatic carbocycles. The Kier molecular flexibility index (Phi) is 8.46. The van der Waals surface area contributed by atoms with Gasteiger partial charge in [-0.25, -0.2) is 0 Å². The lowest BCUT2D eigenvalue weighted by Gasteiger charge is -2.34. The topological polar surface area (TPSA) is 52.0 Å². The minimum Gasteiger partial charge on any atom is -0.324 e. The average Bonchev–Trinajstić information content (AvgIpc) is 1.98. The lowest BCUT2D eigenvalue weighted by atomic mass is 9.85. The summed E-state index contributed by atoms with van der Waals surface area (Å²) in [6.07, 6.45) is 5.54. The van der Waals surface area contributed by atoms with Gasteiger partial charge >= 0.3 is 0 Å². The Bertz CT molecular complexity index is 101. The predicted molar refractivity (Wildman–Crippen MR) is 66.3 cm³/mol. The first-order valence-corrected chi connectivity index (χ1v) is 5.74. The molecule has 0 spiro atoms. The molecular formula is C12H30N2. The van der Waals surface area contributed by atoms with E-state index in [9.17, 15) is 0 Å². The van der Waals surface area contributed by atoms with Crippen molar-refractivity contribution in [2.75, 3.05) is 0 Å². The smallest absolute Gasteiger partial charge is 0.0274 e. The summed E-state index contributed by atoms with van der Waals surface area (Å²) in [7, 11) is 0. The molecule has 0 unspecified atom stereocenters. The first-order valence-electron chi connectivity index (χ1n) is 5.74. The fourth-order valence-electron chi connectivity index (χ4n) is 0.500. The van der Waals surface area contributed by atoms with Gasteiger partial charge in [-0.2, -0.15) is 0 Å². The van der Waals surface area contributed by atoms with E-state index in [1.54, 1.807) is 0 Å². The molecule has 0 rings (SSSR count). The number of rotatable bonds is 4. The molecule has 0 aromatic carbocycles. The molecule has 0 aliphatic heterocycles. The second-order valence-electron chi connectivity index (χ2n) is 5.15. The molecule has 0 heterocycles. The van der Waals surface area contributed by atoms with E-state index in [1.807, 2.05) is 27.7 Å². The maximum absolute atomic E-state index is 5.69. The van der Waals surface area contributed by atoms with Crippen molar-refractivity contribution in [3.05, 3.63) is 0 Å². The molecule has 0 bridgehead atoms. The van der Waals surface area contributed by atoms with Gasteiger partial charge in [0.2, 0.25) is 0 Å². The van der Waals surface area contributed by atoms with E-state index in [-0.39, 0.29) is 11.1 Å². The molecule has 0 fully saturated rings. The molecule has 0 radical (unpaired) electrons. The molecule has 4 N–H and O–H groups in total. The Balaban J connectivity index is 0. The van der Waals surface area contributed by atoms with Gasteiger partial charge in [0.25, 0.3) is 0 Å². The molecule has 88 valence electrons. The van der Waals surface area contributed by atoms with Crippen molar-refractivity contribution in [3.63, 3.8) is 0 Å². The van der Waals surface area contributed by atoms with Crippen LogP contribution in [-0.2, 0) is 0 Å². The molecule has 0 aromatic rings. The highest BCUT2D eigenvalue weighted by Crippen LogP contribution is 2.13. The van der Waals surface area contributed by atoms with Gasteiger partial charge in [0.1, 0.15) is 0 Å². The minimum absolute atomic E-state index is 0.285. The average molecular weight is 202 g/mol. The molecule has 0 saturated heterocycles. The van der Waals surface area contributed by atoms with Gasteiger partial charge < -0.3 is 11.5 Å². The van der Waals surface area contributed by atoms with Crippen LogP contribution in [0, 0.1) is 0 Å². The van der Waals surface area contributed by atoms with Crippen LogP contribution in [0.3, 0.4) is 0 Å². The van der Waals surface area contributed by atoms with E-state index >= 15 is 0 Å². The zero-order valence-electron chi connectivity index (χ0n) is 11.0. The van der Waals surface area contributed by atoms with Crippen LogP contribution in [0.1, 0.15) is 67.2 Å². The lowest BCUT2D eigenvalue weighted by Crippen LogP contribution is -2.58. The van der Waals surface area contributed by atoms with Crippen molar-refractivity contribution in [1.29, 1.82) is 0 Å². The highest BCUT2D eigenvalue weighted by atomic mass is 14.9. The number of hydrogen-bond acceptors (Lipinski definition) is 2. The second-order valence-corrected chi connectivity index (χ2v) is 5.15.